The van der Waals surface area contributed by atoms with E-state index in [1.807, 2.05) is 12.1 Å². The first-order valence-corrected chi connectivity index (χ1v) is 7.01. The highest BCUT2D eigenvalue weighted by molar-refractivity contribution is 5.27. The fourth-order valence-corrected chi connectivity index (χ4v) is 2.41. The van der Waals surface area contributed by atoms with Gasteiger partial charge in [-0.15, -0.1) is 0 Å². The van der Waals surface area contributed by atoms with Gasteiger partial charge in [-0.3, -0.25) is 4.90 Å². The Morgan fingerprint density at radius 2 is 2.16 bits per heavy atom. The van der Waals surface area contributed by atoms with E-state index in [1.165, 1.54) is 5.56 Å². The summed E-state index contributed by atoms with van der Waals surface area (Å²) >= 11 is 0. The molecule has 4 nitrogen and oxygen atoms in total. The van der Waals surface area contributed by atoms with Crippen LogP contribution < -0.4 is 10.5 Å². The zero-order chi connectivity index (χ0) is 13.5. The van der Waals surface area contributed by atoms with Gasteiger partial charge in [0.25, 0.3) is 0 Å². The fourth-order valence-electron chi connectivity index (χ4n) is 2.41. The molecule has 106 valence electrons. The van der Waals surface area contributed by atoms with E-state index in [0.29, 0.717) is 19.2 Å². The van der Waals surface area contributed by atoms with Gasteiger partial charge in [0.15, 0.2) is 0 Å². The molecule has 1 aliphatic heterocycles. The molecule has 2 rings (SSSR count). The monoisotopic (exact) mass is 264 g/mol. The van der Waals surface area contributed by atoms with Crippen molar-refractivity contribution in [2.75, 3.05) is 39.5 Å². The molecule has 0 aliphatic carbocycles. The minimum absolute atomic E-state index is 0.397. The maximum absolute atomic E-state index is 5.87. The maximum atomic E-state index is 5.87. The Morgan fingerprint density at radius 1 is 1.37 bits per heavy atom. The molecule has 0 bridgehead atoms. The van der Waals surface area contributed by atoms with Gasteiger partial charge in [0, 0.05) is 25.7 Å². The van der Waals surface area contributed by atoms with Gasteiger partial charge in [0.1, 0.15) is 5.75 Å². The third-order valence-electron chi connectivity index (χ3n) is 3.54. The van der Waals surface area contributed by atoms with Crippen LogP contribution in [-0.2, 0) is 4.74 Å². The van der Waals surface area contributed by atoms with Crippen molar-refractivity contribution in [1.29, 1.82) is 0 Å². The molecule has 0 aromatic heterocycles. The molecule has 0 spiro atoms. The molecule has 1 aliphatic rings. The summed E-state index contributed by atoms with van der Waals surface area (Å²) in [7, 11) is 0. The Balaban J connectivity index is 1.76. The van der Waals surface area contributed by atoms with Crippen molar-refractivity contribution in [3.63, 3.8) is 0 Å². The lowest BCUT2D eigenvalue weighted by Gasteiger charge is -2.33. The van der Waals surface area contributed by atoms with Crippen molar-refractivity contribution in [3.05, 3.63) is 29.8 Å². The highest BCUT2D eigenvalue weighted by atomic mass is 16.5. The van der Waals surface area contributed by atoms with Crippen molar-refractivity contribution in [3.8, 4) is 5.75 Å². The molecule has 1 aromatic carbocycles. The van der Waals surface area contributed by atoms with E-state index in [-0.39, 0.29) is 0 Å². The number of nitrogens with two attached hydrogens (primary N) is 1. The first kappa shape index (κ1) is 14.3. The Labute approximate surface area is 115 Å². The molecule has 19 heavy (non-hydrogen) atoms. The SMILES string of the molecule is Cc1cccc(OCCC(CN)N2CCOCC2)c1. The molecule has 1 atom stereocenters. The van der Waals surface area contributed by atoms with Crippen LogP contribution in [0.3, 0.4) is 0 Å². The first-order valence-electron chi connectivity index (χ1n) is 7.01. The number of ether oxygens (including phenoxy) is 2. The number of rotatable bonds is 6. The number of morpholine rings is 1. The molecule has 1 unspecified atom stereocenters. The van der Waals surface area contributed by atoms with Gasteiger partial charge in [-0.25, -0.2) is 0 Å². The molecule has 1 saturated heterocycles. The smallest absolute Gasteiger partial charge is 0.119 e. The second kappa shape index (κ2) is 7.48. The van der Waals surface area contributed by atoms with Crippen molar-refractivity contribution >= 4 is 0 Å². The Hall–Kier alpha value is -1.10. The van der Waals surface area contributed by atoms with Crippen LogP contribution in [-0.4, -0.2) is 50.4 Å². The molecule has 1 heterocycles. The zero-order valence-corrected chi connectivity index (χ0v) is 11.7. The highest BCUT2D eigenvalue weighted by Gasteiger charge is 2.19. The summed E-state index contributed by atoms with van der Waals surface area (Å²) < 4.78 is 11.2. The Kier molecular flexibility index (Phi) is 5.63. The van der Waals surface area contributed by atoms with Crippen LogP contribution in [0.15, 0.2) is 24.3 Å². The van der Waals surface area contributed by atoms with Crippen LogP contribution in [0.5, 0.6) is 5.75 Å². The maximum Gasteiger partial charge on any atom is 0.119 e. The number of hydrogen-bond acceptors (Lipinski definition) is 4. The normalized spacial score (nSPS) is 18.2. The lowest BCUT2D eigenvalue weighted by molar-refractivity contribution is 0.0140. The molecule has 0 saturated carbocycles. The van der Waals surface area contributed by atoms with Gasteiger partial charge < -0.3 is 15.2 Å². The van der Waals surface area contributed by atoms with Crippen molar-refractivity contribution in [2.45, 2.75) is 19.4 Å². The van der Waals surface area contributed by atoms with E-state index in [2.05, 4.69) is 24.0 Å². The third-order valence-corrected chi connectivity index (χ3v) is 3.54. The summed E-state index contributed by atoms with van der Waals surface area (Å²) in [5.74, 6) is 0.942. The van der Waals surface area contributed by atoms with Crippen LogP contribution in [0.4, 0.5) is 0 Å². The van der Waals surface area contributed by atoms with E-state index < -0.39 is 0 Å². The topological polar surface area (TPSA) is 47.7 Å². The van der Waals surface area contributed by atoms with Crippen molar-refractivity contribution < 1.29 is 9.47 Å². The second-order valence-electron chi connectivity index (χ2n) is 4.99. The predicted octanol–water partition coefficient (Wildman–Crippen LogP) is 1.42. The van der Waals surface area contributed by atoms with E-state index in [9.17, 15) is 0 Å². The number of benzene rings is 1. The van der Waals surface area contributed by atoms with E-state index in [0.717, 1.165) is 38.5 Å². The van der Waals surface area contributed by atoms with Crippen LogP contribution in [0, 0.1) is 6.92 Å². The summed E-state index contributed by atoms with van der Waals surface area (Å²) in [6, 6.07) is 8.55. The number of hydrogen-bond donors (Lipinski definition) is 1. The van der Waals surface area contributed by atoms with E-state index in [4.69, 9.17) is 15.2 Å². The van der Waals surface area contributed by atoms with E-state index >= 15 is 0 Å². The zero-order valence-electron chi connectivity index (χ0n) is 11.7. The van der Waals surface area contributed by atoms with Crippen LogP contribution in [0.2, 0.25) is 0 Å². The standard InChI is InChI=1S/C15H24N2O2/c1-13-3-2-4-15(11-13)19-8-5-14(12-16)17-6-9-18-10-7-17/h2-4,11,14H,5-10,12,16H2,1H3. The first-order chi connectivity index (χ1) is 9.29. The van der Waals surface area contributed by atoms with Gasteiger partial charge in [-0.1, -0.05) is 12.1 Å². The Bertz CT molecular complexity index is 378. The molecule has 0 radical (unpaired) electrons. The van der Waals surface area contributed by atoms with Gasteiger partial charge >= 0.3 is 0 Å². The van der Waals surface area contributed by atoms with Crippen LogP contribution in [0.25, 0.3) is 0 Å². The summed E-state index contributed by atoms with van der Waals surface area (Å²) in [6.07, 6.45) is 0.963. The largest absolute Gasteiger partial charge is 0.494 e. The van der Waals surface area contributed by atoms with Gasteiger partial charge in [-0.2, -0.15) is 0 Å². The Morgan fingerprint density at radius 3 is 2.84 bits per heavy atom. The molecule has 4 heteroatoms. The minimum atomic E-state index is 0.397. The summed E-state index contributed by atoms with van der Waals surface area (Å²) in [5, 5.41) is 0. The molecule has 0 amide bonds. The average molecular weight is 264 g/mol. The predicted molar refractivity (Wildman–Crippen MR) is 76.5 cm³/mol. The molecule has 2 N–H and O–H groups in total. The highest BCUT2D eigenvalue weighted by Crippen LogP contribution is 2.14. The second-order valence-corrected chi connectivity index (χ2v) is 4.99. The summed E-state index contributed by atoms with van der Waals surface area (Å²) in [4.78, 5) is 2.41. The summed E-state index contributed by atoms with van der Waals surface area (Å²) in [5.41, 5.74) is 7.09. The summed E-state index contributed by atoms with van der Waals surface area (Å²) in [6.45, 7) is 7.05. The molecular formula is C15H24N2O2. The molecular weight excluding hydrogens is 240 g/mol. The van der Waals surface area contributed by atoms with Crippen LogP contribution >= 0.6 is 0 Å². The molecule has 1 fully saturated rings. The fraction of sp³-hybridized carbons (Fsp3) is 0.600. The van der Waals surface area contributed by atoms with Gasteiger partial charge in [0.2, 0.25) is 0 Å². The molecule has 1 aromatic rings. The number of nitrogens with zero attached hydrogens (tertiary/aromatic N) is 1. The minimum Gasteiger partial charge on any atom is -0.494 e. The van der Waals surface area contributed by atoms with Crippen LogP contribution in [0.1, 0.15) is 12.0 Å². The van der Waals surface area contributed by atoms with Crippen molar-refractivity contribution in [1.82, 2.24) is 4.90 Å². The average Bonchev–Trinajstić information content (AvgIpc) is 2.45. The lowest BCUT2D eigenvalue weighted by atomic mass is 10.1. The quantitative estimate of drug-likeness (QED) is 0.844. The van der Waals surface area contributed by atoms with Gasteiger partial charge in [-0.05, 0) is 31.0 Å². The third kappa shape index (κ3) is 4.49. The van der Waals surface area contributed by atoms with Gasteiger partial charge in [0.05, 0.1) is 19.8 Å². The number of aryl methyl sites for hydroxylation is 1. The lowest BCUT2D eigenvalue weighted by Crippen LogP contribution is -2.47. The van der Waals surface area contributed by atoms with E-state index in [1.54, 1.807) is 0 Å². The van der Waals surface area contributed by atoms with Crippen molar-refractivity contribution in [2.24, 2.45) is 5.73 Å².